The van der Waals surface area contributed by atoms with Crippen LogP contribution in [0.4, 0.5) is 18.0 Å². The van der Waals surface area contributed by atoms with Gasteiger partial charge in [0.15, 0.2) is 5.78 Å². The van der Waals surface area contributed by atoms with Crippen molar-refractivity contribution in [2.45, 2.75) is 64.2 Å². The van der Waals surface area contributed by atoms with Crippen molar-refractivity contribution >= 4 is 17.7 Å². The van der Waals surface area contributed by atoms with Crippen LogP contribution in [0.2, 0.25) is 0 Å². The van der Waals surface area contributed by atoms with E-state index in [0.717, 1.165) is 28.7 Å². The third kappa shape index (κ3) is 3.59. The molecule has 3 rings (SSSR count). The first-order chi connectivity index (χ1) is 12.5. The molecule has 1 aliphatic carbocycles. The second kappa shape index (κ2) is 6.69. The number of ketones is 1. The molecule has 27 heavy (non-hydrogen) atoms. The molecule has 3 amide bonds. The van der Waals surface area contributed by atoms with Crippen molar-refractivity contribution in [1.82, 2.24) is 14.8 Å². The van der Waals surface area contributed by atoms with Crippen LogP contribution >= 0.6 is 0 Å². The molecule has 1 saturated carbocycles. The molecule has 148 valence electrons. The Bertz CT molecular complexity index is 792. The number of Topliss-reactive ketones (excluding diaryl/α,β-unsaturated/α-hetero) is 1. The van der Waals surface area contributed by atoms with Gasteiger partial charge in [0.2, 0.25) is 0 Å². The normalized spacial score (nSPS) is 19.7. The van der Waals surface area contributed by atoms with Crippen molar-refractivity contribution in [1.29, 1.82) is 0 Å². The van der Waals surface area contributed by atoms with Crippen molar-refractivity contribution in [2.24, 2.45) is 0 Å². The molecular formula is C18H22F3N3O3. The Morgan fingerprint density at radius 2 is 1.81 bits per heavy atom. The van der Waals surface area contributed by atoms with Crippen LogP contribution in [-0.2, 0) is 11.3 Å². The fourth-order valence-corrected chi connectivity index (χ4v) is 4.05. The molecule has 2 aliphatic rings. The number of carbonyl (C=O) groups is 3. The number of hydrogen-bond acceptors (Lipinski definition) is 3. The number of hydrogen-bond donors (Lipinski definition) is 1. The highest BCUT2D eigenvalue weighted by Crippen LogP contribution is 2.34. The van der Waals surface area contributed by atoms with Crippen molar-refractivity contribution in [3.63, 3.8) is 0 Å². The highest BCUT2D eigenvalue weighted by atomic mass is 19.4. The maximum absolute atomic E-state index is 12.7. The summed E-state index contributed by atoms with van der Waals surface area (Å²) in [6.07, 6.45) is -0.675. The minimum absolute atomic E-state index is 0.0990. The summed E-state index contributed by atoms with van der Waals surface area (Å²) < 4.78 is 39.2. The predicted octanol–water partition coefficient (Wildman–Crippen LogP) is 3.10. The summed E-state index contributed by atoms with van der Waals surface area (Å²) in [4.78, 5) is 38.5. The molecule has 1 spiro atoms. The van der Waals surface area contributed by atoms with Crippen LogP contribution in [0.5, 0.6) is 0 Å². The molecule has 2 heterocycles. The number of alkyl halides is 3. The Hall–Kier alpha value is -2.32. The zero-order valence-corrected chi connectivity index (χ0v) is 15.3. The second-order valence-electron chi connectivity index (χ2n) is 7.37. The number of aromatic nitrogens is 1. The summed E-state index contributed by atoms with van der Waals surface area (Å²) >= 11 is 0. The Kier molecular flexibility index (Phi) is 4.81. The van der Waals surface area contributed by atoms with E-state index in [2.05, 4.69) is 5.32 Å². The molecule has 0 aromatic carbocycles. The standard InChI is InChI=1S/C18H22F3N3O3/c1-11-8-13(12(2)24(11)10-18(19,20)21)14(25)9-23-15(26)17(22-16(23)27)6-4-3-5-7-17/h8H,3-7,9-10H2,1-2H3,(H,22,27). The van der Waals surface area contributed by atoms with Gasteiger partial charge in [-0.25, -0.2) is 4.79 Å². The molecular weight excluding hydrogens is 363 g/mol. The predicted molar refractivity (Wildman–Crippen MR) is 90.4 cm³/mol. The zero-order chi connectivity index (χ0) is 20.0. The number of urea groups is 1. The molecule has 0 radical (unpaired) electrons. The summed E-state index contributed by atoms with van der Waals surface area (Å²) in [5.41, 5.74) is -0.353. The highest BCUT2D eigenvalue weighted by molar-refractivity contribution is 6.11. The fraction of sp³-hybridized carbons (Fsp3) is 0.611. The van der Waals surface area contributed by atoms with Gasteiger partial charge in [-0.1, -0.05) is 19.3 Å². The van der Waals surface area contributed by atoms with Gasteiger partial charge in [-0.05, 0) is 32.8 Å². The number of nitrogens with one attached hydrogen (secondary N) is 1. The number of aryl methyl sites for hydroxylation is 1. The lowest BCUT2D eigenvalue weighted by atomic mass is 9.82. The monoisotopic (exact) mass is 385 g/mol. The fourth-order valence-electron chi connectivity index (χ4n) is 4.05. The average molecular weight is 385 g/mol. The third-order valence-electron chi connectivity index (χ3n) is 5.47. The van der Waals surface area contributed by atoms with Gasteiger partial charge in [0.1, 0.15) is 12.1 Å². The molecule has 1 N–H and O–H groups in total. The van der Waals surface area contributed by atoms with Gasteiger partial charge < -0.3 is 9.88 Å². The van der Waals surface area contributed by atoms with E-state index >= 15 is 0 Å². The summed E-state index contributed by atoms with van der Waals surface area (Å²) in [6.45, 7) is 1.26. The molecule has 0 bridgehead atoms. The number of halogens is 3. The summed E-state index contributed by atoms with van der Waals surface area (Å²) in [5, 5.41) is 2.72. The highest BCUT2D eigenvalue weighted by Gasteiger charge is 2.51. The lowest BCUT2D eigenvalue weighted by molar-refractivity contribution is -0.141. The van der Waals surface area contributed by atoms with Gasteiger partial charge in [0, 0.05) is 17.0 Å². The largest absolute Gasteiger partial charge is 0.406 e. The lowest BCUT2D eigenvalue weighted by Crippen LogP contribution is -2.48. The van der Waals surface area contributed by atoms with Crippen LogP contribution in [0.15, 0.2) is 6.07 Å². The molecule has 1 aromatic heterocycles. The van der Waals surface area contributed by atoms with E-state index in [-0.39, 0.29) is 11.3 Å². The quantitative estimate of drug-likeness (QED) is 0.640. The Morgan fingerprint density at radius 1 is 1.19 bits per heavy atom. The van der Waals surface area contributed by atoms with Crippen LogP contribution in [0.3, 0.4) is 0 Å². The van der Waals surface area contributed by atoms with Gasteiger partial charge >= 0.3 is 12.2 Å². The van der Waals surface area contributed by atoms with E-state index in [1.165, 1.54) is 19.9 Å². The van der Waals surface area contributed by atoms with Gasteiger partial charge in [0.05, 0.1) is 6.54 Å². The first-order valence-corrected chi connectivity index (χ1v) is 8.95. The molecule has 0 unspecified atom stereocenters. The van der Waals surface area contributed by atoms with Crippen molar-refractivity contribution in [3.05, 3.63) is 23.0 Å². The van der Waals surface area contributed by atoms with Gasteiger partial charge in [-0.3, -0.25) is 14.5 Å². The van der Waals surface area contributed by atoms with Gasteiger partial charge in [-0.15, -0.1) is 0 Å². The summed E-state index contributed by atoms with van der Waals surface area (Å²) in [7, 11) is 0. The maximum atomic E-state index is 12.7. The molecule has 1 saturated heterocycles. The average Bonchev–Trinajstić information content (AvgIpc) is 2.97. The van der Waals surface area contributed by atoms with Gasteiger partial charge in [-0.2, -0.15) is 13.2 Å². The minimum Gasteiger partial charge on any atom is -0.339 e. The van der Waals surface area contributed by atoms with Crippen LogP contribution < -0.4 is 5.32 Å². The minimum atomic E-state index is -4.41. The Morgan fingerprint density at radius 3 is 2.41 bits per heavy atom. The van der Waals surface area contributed by atoms with E-state index in [1.54, 1.807) is 0 Å². The topological polar surface area (TPSA) is 71.4 Å². The van der Waals surface area contributed by atoms with E-state index in [4.69, 9.17) is 0 Å². The number of carbonyl (C=O) groups excluding carboxylic acids is 3. The third-order valence-corrected chi connectivity index (χ3v) is 5.47. The van der Waals surface area contributed by atoms with Crippen molar-refractivity contribution in [3.8, 4) is 0 Å². The first-order valence-electron chi connectivity index (χ1n) is 8.95. The zero-order valence-electron chi connectivity index (χ0n) is 15.3. The lowest BCUT2D eigenvalue weighted by Gasteiger charge is -2.30. The number of nitrogens with zero attached hydrogens (tertiary/aromatic N) is 2. The van der Waals surface area contributed by atoms with Crippen molar-refractivity contribution < 1.29 is 27.6 Å². The second-order valence-corrected chi connectivity index (χ2v) is 7.37. The molecule has 2 fully saturated rings. The van der Waals surface area contributed by atoms with Crippen LogP contribution in [-0.4, -0.2) is 45.4 Å². The van der Waals surface area contributed by atoms with Crippen LogP contribution in [0.25, 0.3) is 0 Å². The number of rotatable bonds is 4. The molecule has 1 aliphatic heterocycles. The summed E-state index contributed by atoms with van der Waals surface area (Å²) in [5.74, 6) is -0.961. The molecule has 9 heteroatoms. The van der Waals surface area contributed by atoms with E-state index in [0.29, 0.717) is 18.5 Å². The SMILES string of the molecule is Cc1cc(C(=O)CN2C(=O)NC3(CCCCC3)C2=O)c(C)n1CC(F)(F)F. The molecule has 1 aromatic rings. The number of imide groups is 1. The van der Waals surface area contributed by atoms with Gasteiger partial charge in [0.25, 0.3) is 5.91 Å². The first kappa shape index (κ1) is 19.4. The maximum Gasteiger partial charge on any atom is 0.406 e. The van der Waals surface area contributed by atoms with Crippen molar-refractivity contribution in [2.75, 3.05) is 6.54 Å². The van der Waals surface area contributed by atoms with E-state index < -0.39 is 42.5 Å². The Labute approximate surface area is 154 Å². The van der Waals surface area contributed by atoms with E-state index in [9.17, 15) is 27.6 Å². The molecule has 6 nitrogen and oxygen atoms in total. The number of amides is 3. The molecule has 0 atom stereocenters. The Balaban J connectivity index is 1.79. The van der Waals surface area contributed by atoms with Crippen LogP contribution in [0, 0.1) is 13.8 Å². The van der Waals surface area contributed by atoms with E-state index in [1.807, 2.05) is 0 Å². The van der Waals surface area contributed by atoms with Crippen LogP contribution in [0.1, 0.15) is 53.8 Å². The summed E-state index contributed by atoms with van der Waals surface area (Å²) in [6, 6.07) is 0.762. The smallest absolute Gasteiger partial charge is 0.339 e.